The first kappa shape index (κ1) is 40.6. The summed E-state index contributed by atoms with van der Waals surface area (Å²) in [6, 6.07) is 1.28. The van der Waals surface area contributed by atoms with Gasteiger partial charge in [0.05, 0.1) is 6.17 Å². The number of hydrogen-bond acceptors (Lipinski definition) is 2. The fraction of sp³-hybridized carbons (Fsp3) is 0.897. The summed E-state index contributed by atoms with van der Waals surface area (Å²) in [5, 5.41) is 8.86. The van der Waals surface area contributed by atoms with Crippen LogP contribution in [0.15, 0.2) is 36.0 Å². The molecule has 0 bridgehead atoms. The zero-order valence-electron chi connectivity index (χ0n) is 39.0. The van der Waals surface area contributed by atoms with Gasteiger partial charge in [-0.25, -0.2) is 0 Å². The summed E-state index contributed by atoms with van der Waals surface area (Å²) in [7, 11) is 0. The van der Waals surface area contributed by atoms with Crippen LogP contribution in [0.5, 0.6) is 0 Å². The van der Waals surface area contributed by atoms with E-state index in [2.05, 4.69) is 61.8 Å². The first-order valence-corrected chi connectivity index (χ1v) is 28.1. The van der Waals surface area contributed by atoms with Gasteiger partial charge in [0.15, 0.2) is 0 Å². The third-order valence-electron chi connectivity index (χ3n) is 23.7. The highest BCUT2D eigenvalue weighted by Gasteiger charge is 2.72. The van der Waals surface area contributed by atoms with Crippen LogP contribution in [0.2, 0.25) is 0 Å². The monoisotopic (exact) mass is 815 g/mol. The molecule has 0 amide bonds. The van der Waals surface area contributed by atoms with Crippen LogP contribution in [0.25, 0.3) is 0 Å². The van der Waals surface area contributed by atoms with Crippen molar-refractivity contribution in [3.63, 3.8) is 0 Å². The Bertz CT molecular complexity index is 1590. The molecule has 2 heteroatoms. The smallest absolute Gasteiger partial charge is 0.0605 e. The lowest BCUT2D eigenvalue weighted by Gasteiger charge is -2.53. The molecule has 1 spiro atoms. The van der Waals surface area contributed by atoms with E-state index in [1.165, 1.54) is 70.6 Å². The Kier molecular flexibility index (Phi) is 11.2. The normalized spacial score (nSPS) is 55.0. The summed E-state index contributed by atoms with van der Waals surface area (Å²) < 4.78 is 0. The predicted octanol–water partition coefficient (Wildman–Crippen LogP) is 14.3. The Morgan fingerprint density at radius 2 is 1.08 bits per heavy atom. The van der Waals surface area contributed by atoms with E-state index in [1.54, 1.807) is 102 Å². The molecule has 2 N–H and O–H groups in total. The molecule has 1 heterocycles. The zero-order chi connectivity index (χ0) is 40.1. The van der Waals surface area contributed by atoms with E-state index in [4.69, 9.17) is 0 Å². The van der Waals surface area contributed by atoms with Gasteiger partial charge in [-0.1, -0.05) is 121 Å². The van der Waals surface area contributed by atoms with Crippen LogP contribution < -0.4 is 10.6 Å². The van der Waals surface area contributed by atoms with Crippen molar-refractivity contribution in [3.8, 4) is 0 Å². The van der Waals surface area contributed by atoms with Gasteiger partial charge in [-0.3, -0.25) is 10.6 Å². The molecule has 0 aromatic carbocycles. The number of hydrogen-bond donors (Lipinski definition) is 2. The Morgan fingerprint density at radius 1 is 0.500 bits per heavy atom. The molecule has 12 aliphatic rings. The van der Waals surface area contributed by atoms with E-state index in [0.29, 0.717) is 24.2 Å². The van der Waals surface area contributed by atoms with E-state index < -0.39 is 0 Å². The van der Waals surface area contributed by atoms with Gasteiger partial charge >= 0.3 is 0 Å². The molecule has 2 nitrogen and oxygen atoms in total. The molecule has 0 radical (unpaired) electrons. The van der Waals surface area contributed by atoms with Gasteiger partial charge in [-0.2, -0.15) is 0 Å². The number of fused-ring (bicyclic) bond motifs is 13. The first-order chi connectivity index (χ1) is 29.5. The van der Waals surface area contributed by atoms with Gasteiger partial charge in [0.2, 0.25) is 0 Å². The Balaban J connectivity index is 0.791. The number of allylic oxidation sites excluding steroid dienone is 4. The molecule has 60 heavy (non-hydrogen) atoms. The molecule has 1 aliphatic heterocycles. The van der Waals surface area contributed by atoms with E-state index >= 15 is 0 Å². The quantitative estimate of drug-likeness (QED) is 0.270. The van der Waals surface area contributed by atoms with Crippen LogP contribution >= 0.6 is 0 Å². The Labute approximate surface area is 369 Å². The van der Waals surface area contributed by atoms with Crippen molar-refractivity contribution in [2.75, 3.05) is 0 Å². The summed E-state index contributed by atoms with van der Waals surface area (Å²) in [4.78, 5) is 0. The second-order valence-corrected chi connectivity index (χ2v) is 25.2. The molecular weight excluding hydrogens is 725 g/mol. The molecule has 21 atom stereocenters. The maximum Gasteiger partial charge on any atom is 0.0605 e. The van der Waals surface area contributed by atoms with Crippen molar-refractivity contribution >= 4 is 0 Å². The zero-order valence-corrected chi connectivity index (χ0v) is 39.0. The van der Waals surface area contributed by atoms with Crippen LogP contribution in [0.4, 0.5) is 0 Å². The summed E-state index contributed by atoms with van der Waals surface area (Å²) in [5.41, 5.74) is 2.55. The summed E-state index contributed by atoms with van der Waals surface area (Å²) in [5.74, 6) is 17.9. The molecule has 8 saturated carbocycles. The minimum atomic E-state index is 0.514. The fourth-order valence-electron chi connectivity index (χ4n) is 21.6. The molecule has 20 unspecified atom stereocenters. The topological polar surface area (TPSA) is 24.1 Å². The second kappa shape index (κ2) is 16.5. The summed E-state index contributed by atoms with van der Waals surface area (Å²) in [6.07, 6.45) is 53.9. The average molecular weight is 815 g/mol. The Morgan fingerprint density at radius 3 is 1.78 bits per heavy atom. The summed E-state index contributed by atoms with van der Waals surface area (Å²) >= 11 is 0. The molecule has 0 aromatic rings. The number of rotatable bonds is 5. The SMILES string of the molecule is CCC1=CCC2C3C=CC(C4CC(C5C=CC(C6CCCC7[C@H]6C6CCCCC6C76C7CCCCC7C7CCCCC76)CC5)NC(C5CCCCC5)N4)CC3C(C)C(C)C12. The second-order valence-electron chi connectivity index (χ2n) is 25.2. The molecular formula is C58H90N2. The Hall–Kier alpha value is -0.860. The van der Waals surface area contributed by atoms with Gasteiger partial charge in [0, 0.05) is 12.1 Å². The molecule has 9 fully saturated rings. The van der Waals surface area contributed by atoms with Crippen LogP contribution in [-0.4, -0.2) is 18.2 Å². The van der Waals surface area contributed by atoms with E-state index in [1.807, 2.05) is 0 Å². The first-order valence-electron chi connectivity index (χ1n) is 28.1. The van der Waals surface area contributed by atoms with Crippen molar-refractivity contribution in [1.29, 1.82) is 0 Å². The van der Waals surface area contributed by atoms with E-state index in [0.717, 1.165) is 112 Å². The van der Waals surface area contributed by atoms with Crippen LogP contribution in [0.3, 0.4) is 0 Å². The van der Waals surface area contributed by atoms with E-state index in [9.17, 15) is 0 Å². The molecule has 0 aromatic heterocycles. The van der Waals surface area contributed by atoms with Crippen molar-refractivity contribution in [3.05, 3.63) is 36.0 Å². The lowest BCUT2D eigenvalue weighted by Crippen LogP contribution is -2.64. The van der Waals surface area contributed by atoms with Gasteiger partial charge in [0.1, 0.15) is 0 Å². The molecule has 1 saturated heterocycles. The van der Waals surface area contributed by atoms with Gasteiger partial charge in [-0.15, -0.1) is 0 Å². The summed E-state index contributed by atoms with van der Waals surface area (Å²) in [6.45, 7) is 7.72. The lowest BCUT2D eigenvalue weighted by molar-refractivity contribution is -0.0430. The van der Waals surface area contributed by atoms with Crippen molar-refractivity contribution < 1.29 is 0 Å². The van der Waals surface area contributed by atoms with Crippen molar-refractivity contribution in [1.82, 2.24) is 10.6 Å². The highest BCUT2D eigenvalue weighted by molar-refractivity contribution is 5.25. The fourth-order valence-corrected chi connectivity index (χ4v) is 21.6. The van der Waals surface area contributed by atoms with Gasteiger partial charge in [-0.05, 0) is 221 Å². The molecule has 332 valence electrons. The third kappa shape index (κ3) is 6.37. The lowest BCUT2D eigenvalue weighted by atomic mass is 9.52. The minimum absolute atomic E-state index is 0.514. The third-order valence-corrected chi connectivity index (χ3v) is 23.7. The highest BCUT2D eigenvalue weighted by atomic mass is 15.2. The van der Waals surface area contributed by atoms with Gasteiger partial charge in [0.25, 0.3) is 0 Å². The minimum Gasteiger partial charge on any atom is -0.298 e. The van der Waals surface area contributed by atoms with Crippen LogP contribution in [0.1, 0.15) is 188 Å². The standard InChI is InChI=1S/C58H90N2/c1-4-37-29-32-46-43-31-30-41(33-48(43)35(2)36(3)55(37)46)54-34-53(59-57(60-54)40-15-6-5-7-16-40)39-27-25-38(26-28-39)42-20-14-24-52-56(42)47-19-10-13-23-51(47)58(52)49-21-11-8-17-44(49)45-18-9-12-22-50(45)58/h25,27,29-31,35-36,38-57,59-60H,4-24,26,28,32-34H2,1-3H3/t35?,36?,38?,39?,41?,42?,43?,44?,45?,46?,47?,48?,49?,50?,51?,52?,53?,54?,55?,56-,57?,58?/m1/s1. The largest absolute Gasteiger partial charge is 0.298 e. The van der Waals surface area contributed by atoms with Crippen molar-refractivity contribution in [2.24, 2.45) is 118 Å². The maximum atomic E-state index is 4.44. The predicted molar refractivity (Wildman–Crippen MR) is 250 cm³/mol. The van der Waals surface area contributed by atoms with Crippen molar-refractivity contribution in [2.45, 2.75) is 206 Å². The van der Waals surface area contributed by atoms with E-state index in [-0.39, 0.29) is 0 Å². The van der Waals surface area contributed by atoms with Gasteiger partial charge < -0.3 is 0 Å². The average Bonchev–Trinajstić information content (AvgIpc) is 3.98. The van der Waals surface area contributed by atoms with Crippen LogP contribution in [-0.2, 0) is 0 Å². The maximum absolute atomic E-state index is 4.44. The number of nitrogens with one attached hydrogen (secondary N) is 2. The highest BCUT2D eigenvalue weighted by Crippen LogP contribution is 2.78. The molecule has 12 rings (SSSR count). The molecule has 11 aliphatic carbocycles. The van der Waals surface area contributed by atoms with Crippen LogP contribution in [0, 0.1) is 118 Å².